The Bertz CT molecular complexity index is 1690. The number of benzene rings is 2. The van der Waals surface area contributed by atoms with Crippen LogP contribution in [0.15, 0.2) is 81.0 Å². The summed E-state index contributed by atoms with van der Waals surface area (Å²) >= 11 is 0. The third-order valence-electron chi connectivity index (χ3n) is 5.67. The van der Waals surface area contributed by atoms with Crippen LogP contribution in [0.1, 0.15) is 18.2 Å². The Hall–Kier alpha value is -4.81. The van der Waals surface area contributed by atoms with Crippen molar-refractivity contribution in [1.29, 1.82) is 0 Å². The molecule has 0 radical (unpaired) electrons. The molecule has 0 amide bonds. The number of imidazole rings is 1. The molecule has 10 nitrogen and oxygen atoms in total. The Morgan fingerprint density at radius 2 is 1.71 bits per heavy atom. The van der Waals surface area contributed by atoms with E-state index in [1.165, 1.54) is 27.5 Å². The van der Waals surface area contributed by atoms with Crippen LogP contribution < -0.4 is 25.9 Å². The minimum Gasteiger partial charge on any atom is -0.425 e. The van der Waals surface area contributed by atoms with Crippen molar-refractivity contribution < 1.29 is 32.3 Å². The Labute approximate surface area is 212 Å². The maximum absolute atomic E-state index is 13.7. The fourth-order valence-electron chi connectivity index (χ4n) is 4.04. The van der Waals surface area contributed by atoms with Crippen molar-refractivity contribution in [2.45, 2.75) is 32.9 Å². The zero-order valence-corrected chi connectivity index (χ0v) is 19.9. The first-order valence-corrected chi connectivity index (χ1v) is 11.5. The Balaban J connectivity index is 1.68. The van der Waals surface area contributed by atoms with Crippen molar-refractivity contribution in [3.8, 4) is 17.5 Å². The Morgan fingerprint density at radius 1 is 0.947 bits per heavy atom. The SMILES string of the molecule is CCn1c(=O)n(Cc2cc[nH+]o2)c(=O)c2c1nc(Oc1cccc(OC(F)(F)F)c1)n2Cc1ccccc1. The molecule has 0 fully saturated rings. The molecule has 0 unspecified atom stereocenters. The van der Waals surface area contributed by atoms with Crippen LogP contribution in [-0.4, -0.2) is 25.0 Å². The first kappa shape index (κ1) is 24.9. The van der Waals surface area contributed by atoms with Gasteiger partial charge >= 0.3 is 18.1 Å². The zero-order valence-electron chi connectivity index (χ0n) is 19.9. The standard InChI is InChI=1S/C25H20F3N5O5/c1-2-31-21-20(22(34)33(24(31)35)15-19-11-12-29-38-19)32(14-16-7-4-3-5-8-16)23(30-21)36-17-9-6-10-18(13-17)37-25(26,27)28/h3-13H,2,14-15H2,1H3/p+1. The molecule has 0 aliphatic heterocycles. The molecule has 0 saturated heterocycles. The highest BCUT2D eigenvalue weighted by atomic mass is 19.4. The van der Waals surface area contributed by atoms with Crippen molar-refractivity contribution >= 4 is 11.2 Å². The van der Waals surface area contributed by atoms with Crippen molar-refractivity contribution in [2.75, 3.05) is 0 Å². The fraction of sp³-hybridized carbons (Fsp3) is 0.200. The summed E-state index contributed by atoms with van der Waals surface area (Å²) in [4.78, 5) is 31.3. The first-order valence-electron chi connectivity index (χ1n) is 11.5. The minimum absolute atomic E-state index is 0.00629. The molecule has 0 bridgehead atoms. The molecule has 0 saturated carbocycles. The first-order chi connectivity index (χ1) is 18.2. The second-order valence-corrected chi connectivity index (χ2v) is 8.20. The van der Waals surface area contributed by atoms with Gasteiger partial charge in [0.1, 0.15) is 11.5 Å². The van der Waals surface area contributed by atoms with E-state index in [0.29, 0.717) is 5.76 Å². The van der Waals surface area contributed by atoms with E-state index in [-0.39, 0.29) is 42.6 Å². The number of rotatable bonds is 8. The predicted molar refractivity (Wildman–Crippen MR) is 127 cm³/mol. The zero-order chi connectivity index (χ0) is 26.9. The second-order valence-electron chi connectivity index (χ2n) is 8.20. The van der Waals surface area contributed by atoms with E-state index in [0.717, 1.165) is 22.3 Å². The number of hydrogen-bond acceptors (Lipinski definition) is 6. The molecular weight excluding hydrogens is 507 g/mol. The number of halogens is 3. The second kappa shape index (κ2) is 9.92. The summed E-state index contributed by atoms with van der Waals surface area (Å²) in [5, 5.41) is 2.53. The molecule has 1 N–H and O–H groups in total. The summed E-state index contributed by atoms with van der Waals surface area (Å²) in [6, 6.07) is 15.6. The van der Waals surface area contributed by atoms with Crippen LogP contribution in [-0.2, 0) is 19.6 Å². The average molecular weight is 528 g/mol. The van der Waals surface area contributed by atoms with Gasteiger partial charge in [0.15, 0.2) is 11.2 Å². The van der Waals surface area contributed by atoms with E-state index in [1.54, 1.807) is 13.0 Å². The van der Waals surface area contributed by atoms with Crippen LogP contribution >= 0.6 is 0 Å². The summed E-state index contributed by atoms with van der Waals surface area (Å²) in [6.45, 7) is 1.93. The molecule has 0 aliphatic carbocycles. The number of alkyl halides is 3. The molecule has 5 aromatic rings. The van der Waals surface area contributed by atoms with Gasteiger partial charge in [-0.25, -0.2) is 9.32 Å². The van der Waals surface area contributed by atoms with Gasteiger partial charge in [-0.1, -0.05) is 36.4 Å². The van der Waals surface area contributed by atoms with Crippen molar-refractivity contribution in [3.63, 3.8) is 0 Å². The van der Waals surface area contributed by atoms with E-state index < -0.39 is 23.4 Å². The molecule has 0 spiro atoms. The van der Waals surface area contributed by atoms with Crippen LogP contribution in [0.25, 0.3) is 11.2 Å². The van der Waals surface area contributed by atoms with Gasteiger partial charge in [0, 0.05) is 12.6 Å². The molecule has 3 aromatic heterocycles. The lowest BCUT2D eigenvalue weighted by Gasteiger charge is -2.12. The topological polar surface area (TPSA) is 108 Å². The van der Waals surface area contributed by atoms with Gasteiger partial charge in [-0.3, -0.25) is 18.5 Å². The number of aromatic amines is 1. The lowest BCUT2D eigenvalue weighted by Crippen LogP contribution is -2.40. The normalized spacial score (nSPS) is 11.7. The highest BCUT2D eigenvalue weighted by Crippen LogP contribution is 2.30. The minimum atomic E-state index is -4.88. The van der Waals surface area contributed by atoms with Gasteiger partial charge in [-0.15, -0.1) is 13.2 Å². The van der Waals surface area contributed by atoms with Gasteiger partial charge in [0.2, 0.25) is 12.0 Å². The van der Waals surface area contributed by atoms with Crippen molar-refractivity contribution in [2.24, 2.45) is 0 Å². The van der Waals surface area contributed by atoms with Crippen LogP contribution in [0, 0.1) is 0 Å². The number of H-pyrrole nitrogens is 1. The van der Waals surface area contributed by atoms with E-state index in [1.807, 2.05) is 30.3 Å². The fourth-order valence-corrected chi connectivity index (χ4v) is 4.04. The summed E-state index contributed by atoms with van der Waals surface area (Å²) in [6.07, 6.45) is -3.35. The summed E-state index contributed by atoms with van der Waals surface area (Å²) in [5.74, 6) is -0.129. The number of nitrogens with one attached hydrogen (secondary N) is 1. The van der Waals surface area contributed by atoms with Gasteiger partial charge in [0.25, 0.3) is 5.56 Å². The smallest absolute Gasteiger partial charge is 0.425 e. The third kappa shape index (κ3) is 5.03. The lowest BCUT2D eigenvalue weighted by atomic mass is 10.2. The van der Waals surface area contributed by atoms with E-state index in [4.69, 9.17) is 9.26 Å². The van der Waals surface area contributed by atoms with E-state index in [9.17, 15) is 22.8 Å². The molecular formula is C25H21F3N5O5+. The maximum atomic E-state index is 13.7. The third-order valence-corrected chi connectivity index (χ3v) is 5.67. The maximum Gasteiger partial charge on any atom is 0.573 e. The largest absolute Gasteiger partial charge is 0.573 e. The molecule has 38 heavy (non-hydrogen) atoms. The molecule has 0 aliphatic rings. The summed E-state index contributed by atoms with van der Waals surface area (Å²) in [5.41, 5.74) is -0.259. The number of ether oxygens (including phenoxy) is 2. The highest BCUT2D eigenvalue weighted by molar-refractivity contribution is 5.72. The summed E-state index contributed by atoms with van der Waals surface area (Å²) < 4.78 is 57.1. The van der Waals surface area contributed by atoms with E-state index >= 15 is 0 Å². The van der Waals surface area contributed by atoms with E-state index in [2.05, 4.69) is 14.9 Å². The molecule has 3 heterocycles. The quantitative estimate of drug-likeness (QED) is 0.305. The predicted octanol–water partition coefficient (Wildman–Crippen LogP) is 3.57. The highest BCUT2D eigenvalue weighted by Gasteiger charge is 2.31. The average Bonchev–Trinajstić information content (AvgIpc) is 3.50. The van der Waals surface area contributed by atoms with Crippen LogP contribution in [0.2, 0.25) is 0 Å². The molecule has 2 aromatic carbocycles. The van der Waals surface area contributed by atoms with Crippen LogP contribution in [0.4, 0.5) is 13.2 Å². The van der Waals surface area contributed by atoms with Gasteiger partial charge in [-0.2, -0.15) is 4.98 Å². The van der Waals surface area contributed by atoms with Gasteiger partial charge in [-0.05, 0) is 29.8 Å². The number of fused-ring (bicyclic) bond motifs is 1. The molecule has 13 heteroatoms. The van der Waals surface area contributed by atoms with Crippen LogP contribution in [0.5, 0.6) is 17.5 Å². The molecule has 196 valence electrons. The van der Waals surface area contributed by atoms with Gasteiger partial charge < -0.3 is 9.47 Å². The Morgan fingerprint density at radius 3 is 2.39 bits per heavy atom. The number of nitrogens with zero attached hydrogens (tertiary/aromatic N) is 4. The number of hydrogen-bond donors (Lipinski definition) is 0. The summed E-state index contributed by atoms with van der Waals surface area (Å²) in [7, 11) is 0. The Kier molecular flexibility index (Phi) is 6.49. The lowest BCUT2D eigenvalue weighted by molar-refractivity contribution is -0.610. The monoisotopic (exact) mass is 528 g/mol. The van der Waals surface area contributed by atoms with Gasteiger partial charge in [0.05, 0.1) is 19.2 Å². The molecule has 5 rings (SSSR count). The van der Waals surface area contributed by atoms with Crippen molar-refractivity contribution in [1.82, 2.24) is 18.7 Å². The van der Waals surface area contributed by atoms with Crippen molar-refractivity contribution in [3.05, 3.63) is 99.0 Å². The number of aromatic nitrogens is 5. The molecule has 0 atom stereocenters. The van der Waals surface area contributed by atoms with Crippen LogP contribution in [0.3, 0.4) is 0 Å². The number of aryl methyl sites for hydroxylation is 1.